The van der Waals surface area contributed by atoms with Crippen LogP contribution in [0.25, 0.3) is 11.3 Å². The number of aromatic nitrogens is 2. The molecule has 3 nitrogen and oxygen atoms in total. The van der Waals surface area contributed by atoms with Crippen LogP contribution < -0.4 is 5.56 Å². The van der Waals surface area contributed by atoms with Gasteiger partial charge in [0.1, 0.15) is 5.82 Å². The lowest BCUT2D eigenvalue weighted by Gasteiger charge is -2.11. The summed E-state index contributed by atoms with van der Waals surface area (Å²) in [7, 11) is 0. The van der Waals surface area contributed by atoms with Crippen LogP contribution in [0.5, 0.6) is 0 Å². The van der Waals surface area contributed by atoms with Gasteiger partial charge in [0, 0.05) is 11.1 Å². The molecular weight excluding hydrogens is 288 g/mol. The van der Waals surface area contributed by atoms with Gasteiger partial charge in [-0.1, -0.05) is 13.3 Å². The predicted molar refractivity (Wildman–Crippen MR) is 69.2 cm³/mol. The number of nitrogens with one attached hydrogen (secondary N) is 1. The van der Waals surface area contributed by atoms with Crippen LogP contribution in [0, 0.1) is 5.82 Å². The second kappa shape index (κ2) is 5.67. The fourth-order valence-electron chi connectivity index (χ4n) is 2.05. The van der Waals surface area contributed by atoms with Crippen molar-refractivity contribution < 1.29 is 17.6 Å². The normalized spacial score (nSPS) is 11.7. The van der Waals surface area contributed by atoms with E-state index in [2.05, 4.69) is 9.97 Å². The second-order valence-corrected chi connectivity index (χ2v) is 4.50. The van der Waals surface area contributed by atoms with E-state index < -0.39 is 23.1 Å². The van der Waals surface area contributed by atoms with Gasteiger partial charge in [-0.15, -0.1) is 0 Å². The van der Waals surface area contributed by atoms with Crippen LogP contribution in [-0.2, 0) is 12.6 Å². The summed E-state index contributed by atoms with van der Waals surface area (Å²) >= 11 is 0. The van der Waals surface area contributed by atoms with Gasteiger partial charge in [-0.3, -0.25) is 4.79 Å². The third-order valence-corrected chi connectivity index (χ3v) is 2.99. The highest BCUT2D eigenvalue weighted by molar-refractivity contribution is 5.63. The van der Waals surface area contributed by atoms with Gasteiger partial charge in [-0.25, -0.2) is 9.37 Å². The molecule has 2 rings (SSSR count). The zero-order valence-electron chi connectivity index (χ0n) is 11.1. The summed E-state index contributed by atoms with van der Waals surface area (Å²) in [5.41, 5.74) is -1.27. The molecule has 0 atom stereocenters. The molecule has 0 fully saturated rings. The van der Waals surface area contributed by atoms with Crippen LogP contribution in [0.2, 0.25) is 0 Å². The summed E-state index contributed by atoms with van der Waals surface area (Å²) in [6.45, 7) is 1.84. The monoisotopic (exact) mass is 300 g/mol. The molecule has 2 aromatic rings. The Kier molecular flexibility index (Phi) is 4.11. The summed E-state index contributed by atoms with van der Waals surface area (Å²) in [5, 5.41) is 0. The van der Waals surface area contributed by atoms with Gasteiger partial charge in [0.2, 0.25) is 0 Å². The lowest BCUT2D eigenvalue weighted by molar-refractivity contribution is -0.139. The van der Waals surface area contributed by atoms with Crippen molar-refractivity contribution in [2.45, 2.75) is 25.9 Å². The van der Waals surface area contributed by atoms with Crippen molar-refractivity contribution in [1.82, 2.24) is 9.97 Å². The van der Waals surface area contributed by atoms with Crippen molar-refractivity contribution in [2.75, 3.05) is 0 Å². The third-order valence-electron chi connectivity index (χ3n) is 2.99. The fourth-order valence-corrected chi connectivity index (χ4v) is 2.05. The number of halogens is 4. The van der Waals surface area contributed by atoms with Gasteiger partial charge in [-0.05, 0) is 24.6 Å². The Balaban J connectivity index is 2.63. The molecule has 0 saturated heterocycles. The van der Waals surface area contributed by atoms with Crippen molar-refractivity contribution in [3.63, 3.8) is 0 Å². The third kappa shape index (κ3) is 3.12. The molecule has 0 bridgehead atoms. The van der Waals surface area contributed by atoms with Crippen LogP contribution in [0.15, 0.2) is 29.3 Å². The molecule has 21 heavy (non-hydrogen) atoms. The molecule has 0 unspecified atom stereocenters. The van der Waals surface area contributed by atoms with E-state index in [9.17, 15) is 22.4 Å². The average Bonchev–Trinajstić information content (AvgIpc) is 2.41. The molecule has 0 aliphatic rings. The number of rotatable bonds is 3. The SMILES string of the molecule is CCCc1c(-c2ccc(F)c(C(F)(F)F)c2)nc[nH]c1=O. The summed E-state index contributed by atoms with van der Waals surface area (Å²) in [6, 6.07) is 2.60. The minimum absolute atomic E-state index is 0.0678. The van der Waals surface area contributed by atoms with E-state index in [1.807, 2.05) is 6.92 Å². The maximum Gasteiger partial charge on any atom is 0.419 e. The lowest BCUT2D eigenvalue weighted by atomic mass is 10.0. The number of hydrogen-bond donors (Lipinski definition) is 1. The highest BCUT2D eigenvalue weighted by Gasteiger charge is 2.34. The molecule has 1 N–H and O–H groups in total. The average molecular weight is 300 g/mol. The topological polar surface area (TPSA) is 45.8 Å². The van der Waals surface area contributed by atoms with E-state index in [-0.39, 0.29) is 11.3 Å². The summed E-state index contributed by atoms with van der Waals surface area (Å²) in [5.74, 6) is -1.35. The number of nitrogens with zero attached hydrogens (tertiary/aromatic N) is 1. The highest BCUT2D eigenvalue weighted by atomic mass is 19.4. The first-order valence-corrected chi connectivity index (χ1v) is 6.28. The van der Waals surface area contributed by atoms with Gasteiger partial charge in [0.15, 0.2) is 0 Å². The van der Waals surface area contributed by atoms with Gasteiger partial charge < -0.3 is 4.98 Å². The van der Waals surface area contributed by atoms with E-state index in [1.54, 1.807) is 0 Å². The van der Waals surface area contributed by atoms with Crippen LogP contribution in [0.4, 0.5) is 17.6 Å². The quantitative estimate of drug-likeness (QED) is 0.881. The fraction of sp³-hybridized carbons (Fsp3) is 0.286. The molecule has 0 radical (unpaired) electrons. The van der Waals surface area contributed by atoms with E-state index in [0.29, 0.717) is 24.5 Å². The van der Waals surface area contributed by atoms with Crippen LogP contribution in [0.1, 0.15) is 24.5 Å². The Labute approximate surface area is 117 Å². The summed E-state index contributed by atoms with van der Waals surface area (Å²) in [4.78, 5) is 18.1. The van der Waals surface area contributed by atoms with Crippen molar-refractivity contribution in [2.24, 2.45) is 0 Å². The van der Waals surface area contributed by atoms with E-state index in [4.69, 9.17) is 0 Å². The number of H-pyrrole nitrogens is 1. The molecule has 0 saturated carbocycles. The largest absolute Gasteiger partial charge is 0.419 e. The summed E-state index contributed by atoms with van der Waals surface area (Å²) < 4.78 is 51.5. The molecule has 0 aliphatic heterocycles. The summed E-state index contributed by atoms with van der Waals surface area (Å²) in [6.07, 6.45) is -2.67. The van der Waals surface area contributed by atoms with Crippen LogP contribution in [-0.4, -0.2) is 9.97 Å². The minimum atomic E-state index is -4.80. The molecule has 112 valence electrons. The number of alkyl halides is 3. The van der Waals surface area contributed by atoms with E-state index in [0.717, 1.165) is 12.4 Å². The standard InChI is InChI=1S/C14H12F4N2O/c1-2-3-9-12(19-7-20-13(9)21)8-4-5-11(15)10(6-8)14(16,17)18/h4-7H,2-3H2,1H3,(H,19,20,21). The van der Waals surface area contributed by atoms with Gasteiger partial charge >= 0.3 is 6.18 Å². The molecule has 7 heteroatoms. The van der Waals surface area contributed by atoms with Crippen LogP contribution >= 0.6 is 0 Å². The Bertz CT molecular complexity index is 707. The molecule has 1 aromatic heterocycles. The first-order valence-electron chi connectivity index (χ1n) is 6.28. The van der Waals surface area contributed by atoms with Crippen molar-refractivity contribution in [1.29, 1.82) is 0 Å². The zero-order valence-corrected chi connectivity index (χ0v) is 11.1. The Hall–Kier alpha value is -2.18. The number of hydrogen-bond acceptors (Lipinski definition) is 2. The molecule has 1 aromatic carbocycles. The Morgan fingerprint density at radius 2 is 2.00 bits per heavy atom. The predicted octanol–water partition coefficient (Wildman–Crippen LogP) is 3.55. The molecule has 1 heterocycles. The second-order valence-electron chi connectivity index (χ2n) is 4.50. The molecule has 0 aliphatic carbocycles. The molecule has 0 spiro atoms. The Morgan fingerprint density at radius 3 is 2.62 bits per heavy atom. The maximum absolute atomic E-state index is 13.3. The molecular formula is C14H12F4N2O. The van der Waals surface area contributed by atoms with E-state index in [1.165, 1.54) is 6.07 Å². The first kappa shape index (κ1) is 15.2. The highest BCUT2D eigenvalue weighted by Crippen LogP contribution is 2.34. The number of aromatic amines is 1. The zero-order chi connectivity index (χ0) is 15.6. The van der Waals surface area contributed by atoms with Gasteiger partial charge in [0.05, 0.1) is 17.6 Å². The minimum Gasteiger partial charge on any atom is -0.313 e. The lowest BCUT2D eigenvalue weighted by Crippen LogP contribution is -2.15. The van der Waals surface area contributed by atoms with Crippen molar-refractivity contribution in [3.8, 4) is 11.3 Å². The van der Waals surface area contributed by atoms with Gasteiger partial charge in [-0.2, -0.15) is 13.2 Å². The maximum atomic E-state index is 13.3. The smallest absolute Gasteiger partial charge is 0.313 e. The van der Waals surface area contributed by atoms with Gasteiger partial charge in [0.25, 0.3) is 5.56 Å². The number of benzene rings is 1. The molecule has 0 amide bonds. The Morgan fingerprint density at radius 1 is 1.29 bits per heavy atom. The first-order chi connectivity index (χ1) is 9.84. The van der Waals surface area contributed by atoms with E-state index >= 15 is 0 Å². The van der Waals surface area contributed by atoms with Crippen molar-refractivity contribution >= 4 is 0 Å². The van der Waals surface area contributed by atoms with Crippen LogP contribution in [0.3, 0.4) is 0 Å². The van der Waals surface area contributed by atoms with Crippen molar-refractivity contribution in [3.05, 3.63) is 51.8 Å².